The Kier molecular flexibility index (Phi) is 5.33. The Morgan fingerprint density at radius 2 is 1.80 bits per heavy atom. The van der Waals surface area contributed by atoms with E-state index in [0.29, 0.717) is 13.2 Å². The van der Waals surface area contributed by atoms with Gasteiger partial charge in [0.05, 0.1) is 19.3 Å². The van der Waals surface area contributed by atoms with E-state index in [1.165, 1.54) is 12.1 Å². The van der Waals surface area contributed by atoms with Crippen molar-refractivity contribution in [2.75, 3.05) is 11.9 Å². The van der Waals surface area contributed by atoms with E-state index in [4.69, 9.17) is 4.74 Å². The maximum Gasteiger partial charge on any atom is 0.123 e. The Morgan fingerprint density at radius 1 is 1.10 bits per heavy atom. The minimum atomic E-state index is -0.244. The zero-order chi connectivity index (χ0) is 14.2. The molecule has 104 valence electrons. The molecule has 3 heteroatoms. The molecule has 2 nitrogen and oxygen atoms in total. The maximum absolute atomic E-state index is 12.8. The third-order valence-corrected chi connectivity index (χ3v) is 2.89. The van der Waals surface area contributed by atoms with Gasteiger partial charge in [0.2, 0.25) is 0 Å². The molecule has 0 radical (unpaired) electrons. The van der Waals surface area contributed by atoms with Crippen LogP contribution in [0.1, 0.15) is 5.56 Å². The SMILES string of the molecule is C=C[C@@H](COCc1ccccc1)Nc1ccc(F)cc1. The zero-order valence-corrected chi connectivity index (χ0v) is 11.3. The van der Waals surface area contributed by atoms with Crippen LogP contribution in [0.4, 0.5) is 10.1 Å². The molecule has 1 atom stereocenters. The van der Waals surface area contributed by atoms with Gasteiger partial charge in [-0.1, -0.05) is 36.4 Å². The van der Waals surface area contributed by atoms with Crippen molar-refractivity contribution < 1.29 is 9.13 Å². The molecule has 0 aliphatic rings. The third kappa shape index (κ3) is 4.52. The molecule has 0 saturated heterocycles. The number of nitrogens with one attached hydrogen (secondary N) is 1. The second-order valence-electron chi connectivity index (χ2n) is 4.49. The third-order valence-electron chi connectivity index (χ3n) is 2.89. The summed E-state index contributed by atoms with van der Waals surface area (Å²) in [6.07, 6.45) is 1.79. The van der Waals surface area contributed by atoms with Crippen molar-refractivity contribution in [3.05, 3.63) is 78.6 Å². The van der Waals surface area contributed by atoms with Crippen molar-refractivity contribution in [2.24, 2.45) is 0 Å². The highest BCUT2D eigenvalue weighted by atomic mass is 19.1. The fraction of sp³-hybridized carbons (Fsp3) is 0.176. The minimum absolute atomic E-state index is 0.0100. The van der Waals surface area contributed by atoms with E-state index in [9.17, 15) is 4.39 Å². The van der Waals surface area contributed by atoms with Crippen LogP contribution < -0.4 is 5.32 Å². The standard InChI is InChI=1S/C17H18FNO/c1-2-16(19-17-10-8-15(18)9-11-17)13-20-12-14-6-4-3-5-7-14/h2-11,16,19H,1,12-13H2/t16-/m0/s1. The highest BCUT2D eigenvalue weighted by molar-refractivity contribution is 5.44. The van der Waals surface area contributed by atoms with Crippen molar-refractivity contribution in [1.29, 1.82) is 0 Å². The molecule has 1 N–H and O–H groups in total. The van der Waals surface area contributed by atoms with Gasteiger partial charge < -0.3 is 10.1 Å². The van der Waals surface area contributed by atoms with Gasteiger partial charge in [0.1, 0.15) is 5.82 Å². The summed E-state index contributed by atoms with van der Waals surface area (Å²) in [7, 11) is 0. The molecule has 0 unspecified atom stereocenters. The topological polar surface area (TPSA) is 21.3 Å². The fourth-order valence-corrected chi connectivity index (χ4v) is 1.81. The van der Waals surface area contributed by atoms with E-state index in [0.717, 1.165) is 11.3 Å². The molecule has 0 bridgehead atoms. The van der Waals surface area contributed by atoms with Crippen LogP contribution in [0.5, 0.6) is 0 Å². The van der Waals surface area contributed by atoms with Gasteiger partial charge >= 0.3 is 0 Å². The van der Waals surface area contributed by atoms with Crippen LogP contribution in [-0.4, -0.2) is 12.6 Å². The normalized spacial score (nSPS) is 11.8. The molecular weight excluding hydrogens is 253 g/mol. The van der Waals surface area contributed by atoms with Crippen LogP contribution in [0, 0.1) is 5.82 Å². The number of halogens is 1. The van der Waals surface area contributed by atoms with Gasteiger partial charge in [-0.3, -0.25) is 0 Å². The predicted molar refractivity (Wildman–Crippen MR) is 80.1 cm³/mol. The van der Waals surface area contributed by atoms with Gasteiger partial charge in [-0.05, 0) is 29.8 Å². The van der Waals surface area contributed by atoms with Crippen molar-refractivity contribution in [1.82, 2.24) is 0 Å². The molecule has 0 spiro atoms. The van der Waals surface area contributed by atoms with Crippen LogP contribution in [0.25, 0.3) is 0 Å². The number of anilines is 1. The van der Waals surface area contributed by atoms with E-state index in [2.05, 4.69) is 11.9 Å². The van der Waals surface area contributed by atoms with Gasteiger partial charge in [0.25, 0.3) is 0 Å². The van der Waals surface area contributed by atoms with Crippen molar-refractivity contribution in [3.8, 4) is 0 Å². The molecular formula is C17H18FNO. The number of benzene rings is 2. The Morgan fingerprint density at radius 3 is 2.45 bits per heavy atom. The Hall–Kier alpha value is -2.13. The molecule has 0 aliphatic carbocycles. The average molecular weight is 271 g/mol. The highest BCUT2D eigenvalue weighted by Gasteiger charge is 2.04. The van der Waals surface area contributed by atoms with Crippen LogP contribution in [0.3, 0.4) is 0 Å². The van der Waals surface area contributed by atoms with E-state index in [1.54, 1.807) is 18.2 Å². The number of hydrogen-bond donors (Lipinski definition) is 1. The lowest BCUT2D eigenvalue weighted by atomic mass is 10.2. The van der Waals surface area contributed by atoms with Crippen LogP contribution in [-0.2, 0) is 11.3 Å². The van der Waals surface area contributed by atoms with E-state index in [1.807, 2.05) is 30.3 Å². The van der Waals surface area contributed by atoms with Gasteiger partial charge in [-0.15, -0.1) is 6.58 Å². The predicted octanol–water partition coefficient (Wildman–Crippen LogP) is 4.01. The molecule has 0 aliphatic heterocycles. The Balaban J connectivity index is 1.80. The number of hydrogen-bond acceptors (Lipinski definition) is 2. The summed E-state index contributed by atoms with van der Waals surface area (Å²) in [6.45, 7) is 4.86. The van der Waals surface area contributed by atoms with Crippen LogP contribution in [0.15, 0.2) is 67.3 Å². The first-order valence-corrected chi connectivity index (χ1v) is 6.54. The highest BCUT2D eigenvalue weighted by Crippen LogP contribution is 2.11. The van der Waals surface area contributed by atoms with Crippen molar-refractivity contribution in [3.63, 3.8) is 0 Å². The first-order valence-electron chi connectivity index (χ1n) is 6.54. The molecule has 0 saturated carbocycles. The molecule has 0 fully saturated rings. The van der Waals surface area contributed by atoms with Crippen LogP contribution in [0.2, 0.25) is 0 Å². The molecule has 2 aromatic carbocycles. The molecule has 2 aromatic rings. The molecule has 2 rings (SSSR count). The Bertz CT molecular complexity index is 524. The van der Waals surface area contributed by atoms with Gasteiger partial charge in [-0.2, -0.15) is 0 Å². The average Bonchev–Trinajstić information content (AvgIpc) is 2.49. The lowest BCUT2D eigenvalue weighted by Crippen LogP contribution is -2.22. The van der Waals surface area contributed by atoms with Crippen molar-refractivity contribution >= 4 is 5.69 Å². The van der Waals surface area contributed by atoms with Gasteiger partial charge in [0.15, 0.2) is 0 Å². The van der Waals surface area contributed by atoms with Crippen molar-refractivity contribution in [2.45, 2.75) is 12.6 Å². The summed E-state index contributed by atoms with van der Waals surface area (Å²) in [4.78, 5) is 0. The molecule has 0 heterocycles. The summed E-state index contributed by atoms with van der Waals surface area (Å²) in [5.74, 6) is -0.244. The molecule has 0 aromatic heterocycles. The second kappa shape index (κ2) is 7.46. The van der Waals surface area contributed by atoms with Gasteiger partial charge in [-0.25, -0.2) is 4.39 Å². The summed E-state index contributed by atoms with van der Waals surface area (Å²) in [5, 5.41) is 3.23. The number of ether oxygens (including phenoxy) is 1. The maximum atomic E-state index is 12.8. The Labute approximate surface area is 118 Å². The summed E-state index contributed by atoms with van der Waals surface area (Å²) >= 11 is 0. The largest absolute Gasteiger partial charge is 0.377 e. The second-order valence-corrected chi connectivity index (χ2v) is 4.49. The first kappa shape index (κ1) is 14.3. The van der Waals surface area contributed by atoms with E-state index < -0.39 is 0 Å². The lowest BCUT2D eigenvalue weighted by Gasteiger charge is -2.16. The zero-order valence-electron chi connectivity index (χ0n) is 11.3. The quantitative estimate of drug-likeness (QED) is 0.768. The lowest BCUT2D eigenvalue weighted by molar-refractivity contribution is 0.120. The summed E-state index contributed by atoms with van der Waals surface area (Å²) in [5.41, 5.74) is 1.98. The monoisotopic (exact) mass is 271 g/mol. The smallest absolute Gasteiger partial charge is 0.123 e. The summed E-state index contributed by atoms with van der Waals surface area (Å²) < 4.78 is 18.5. The summed E-state index contributed by atoms with van der Waals surface area (Å²) in [6, 6.07) is 16.2. The van der Waals surface area contributed by atoms with Crippen LogP contribution >= 0.6 is 0 Å². The van der Waals surface area contributed by atoms with E-state index in [-0.39, 0.29) is 11.9 Å². The van der Waals surface area contributed by atoms with Gasteiger partial charge in [0, 0.05) is 5.69 Å². The first-order chi connectivity index (χ1) is 9.78. The molecule has 0 amide bonds. The fourth-order valence-electron chi connectivity index (χ4n) is 1.81. The number of rotatable bonds is 7. The molecule has 20 heavy (non-hydrogen) atoms. The minimum Gasteiger partial charge on any atom is -0.377 e. The van der Waals surface area contributed by atoms with E-state index >= 15 is 0 Å².